The quantitative estimate of drug-likeness (QED) is 0.413. The summed E-state index contributed by atoms with van der Waals surface area (Å²) in [5.74, 6) is 1.38. The zero-order valence-electron chi connectivity index (χ0n) is 18.4. The highest BCUT2D eigenvalue weighted by Crippen LogP contribution is 2.22. The van der Waals surface area contributed by atoms with Crippen molar-refractivity contribution in [1.82, 2.24) is 20.5 Å². The summed E-state index contributed by atoms with van der Waals surface area (Å²) in [5.41, 5.74) is 0.167. The van der Waals surface area contributed by atoms with Crippen molar-refractivity contribution in [3.8, 4) is 5.88 Å². The Balaban J connectivity index is 1.48. The zero-order chi connectivity index (χ0) is 21.2. The van der Waals surface area contributed by atoms with Crippen molar-refractivity contribution in [3.63, 3.8) is 0 Å². The molecule has 30 heavy (non-hydrogen) atoms. The lowest BCUT2D eigenvalue weighted by molar-refractivity contribution is -0.0201. The highest BCUT2D eigenvalue weighted by Gasteiger charge is 2.25. The van der Waals surface area contributed by atoms with Crippen LogP contribution >= 0.6 is 0 Å². The molecule has 3 N–H and O–H groups in total. The van der Waals surface area contributed by atoms with Gasteiger partial charge in [-0.05, 0) is 45.1 Å². The summed E-state index contributed by atoms with van der Waals surface area (Å²) < 4.78 is 11.3. The van der Waals surface area contributed by atoms with Crippen LogP contribution in [0.2, 0.25) is 0 Å². The minimum absolute atomic E-state index is 0.316. The molecule has 0 aromatic carbocycles. The predicted molar refractivity (Wildman–Crippen MR) is 118 cm³/mol. The largest absolute Gasteiger partial charge is 0.474 e. The molecule has 2 heterocycles. The molecule has 3 rings (SSSR count). The lowest BCUT2D eigenvalue weighted by Gasteiger charge is -2.34. The number of aliphatic hydroxyl groups is 1. The molecule has 0 radical (unpaired) electrons. The summed E-state index contributed by atoms with van der Waals surface area (Å²) in [6.45, 7) is 9.35. The van der Waals surface area contributed by atoms with Gasteiger partial charge in [0.15, 0.2) is 5.96 Å². The number of nitrogens with zero attached hydrogens (tertiary/aromatic N) is 3. The van der Waals surface area contributed by atoms with Gasteiger partial charge in [-0.3, -0.25) is 4.90 Å². The Hall–Kier alpha value is -1.90. The van der Waals surface area contributed by atoms with Crippen LogP contribution in [0.25, 0.3) is 0 Å². The summed E-state index contributed by atoms with van der Waals surface area (Å²) in [6, 6.07) is 3.94. The topological polar surface area (TPSA) is 91.2 Å². The number of morpholine rings is 1. The first-order valence-corrected chi connectivity index (χ1v) is 11.2. The molecule has 8 nitrogen and oxygen atoms in total. The van der Waals surface area contributed by atoms with Crippen molar-refractivity contribution < 1.29 is 14.6 Å². The lowest BCUT2D eigenvalue weighted by atomic mass is 10.1. The van der Waals surface area contributed by atoms with E-state index >= 15 is 0 Å². The third-order valence-corrected chi connectivity index (χ3v) is 5.46. The second kappa shape index (κ2) is 11.5. The standard InChI is InChI=1S/C22H37N5O3/c1-3-23-21(26-16-22(2,28)17-27-10-12-29-13-11-27)25-15-18-8-9-20(24-14-18)30-19-6-4-5-7-19/h8-9,14,19,28H,3-7,10-13,15-17H2,1-2H3,(H2,23,25,26). The molecule has 2 aliphatic rings. The maximum absolute atomic E-state index is 10.8. The van der Waals surface area contributed by atoms with E-state index in [2.05, 4.69) is 25.5 Å². The lowest BCUT2D eigenvalue weighted by Crippen LogP contribution is -2.52. The summed E-state index contributed by atoms with van der Waals surface area (Å²) in [4.78, 5) is 11.3. The Labute approximate surface area is 180 Å². The summed E-state index contributed by atoms with van der Waals surface area (Å²) in [7, 11) is 0. The van der Waals surface area contributed by atoms with Gasteiger partial charge in [0.2, 0.25) is 5.88 Å². The van der Waals surface area contributed by atoms with Crippen LogP contribution in [-0.4, -0.2) is 78.6 Å². The van der Waals surface area contributed by atoms with Crippen molar-refractivity contribution in [2.75, 3.05) is 45.9 Å². The number of guanidine groups is 1. The third kappa shape index (κ3) is 7.74. The number of β-amino-alcohol motifs (C(OH)–C–C–N with tert-alkyl or cyclic N) is 1. The van der Waals surface area contributed by atoms with Crippen LogP contribution in [-0.2, 0) is 11.3 Å². The van der Waals surface area contributed by atoms with Gasteiger partial charge in [-0.2, -0.15) is 0 Å². The molecule has 0 spiro atoms. The fourth-order valence-corrected chi connectivity index (χ4v) is 3.83. The SMILES string of the molecule is CCNC(=NCc1ccc(OC2CCCC2)nc1)NCC(C)(O)CN1CCOCC1. The summed E-state index contributed by atoms with van der Waals surface area (Å²) in [6.07, 6.45) is 6.89. The van der Waals surface area contributed by atoms with Crippen molar-refractivity contribution in [3.05, 3.63) is 23.9 Å². The highest BCUT2D eigenvalue weighted by atomic mass is 16.5. The van der Waals surface area contributed by atoms with E-state index in [9.17, 15) is 5.11 Å². The van der Waals surface area contributed by atoms with Crippen LogP contribution in [0.15, 0.2) is 23.3 Å². The van der Waals surface area contributed by atoms with E-state index in [0.29, 0.717) is 37.6 Å². The number of aromatic nitrogens is 1. The van der Waals surface area contributed by atoms with Crippen LogP contribution < -0.4 is 15.4 Å². The Morgan fingerprint density at radius 2 is 2.07 bits per heavy atom. The molecule has 0 amide bonds. The van der Waals surface area contributed by atoms with Gasteiger partial charge in [0.25, 0.3) is 0 Å². The summed E-state index contributed by atoms with van der Waals surface area (Å²) in [5, 5.41) is 17.3. The molecule has 1 aliphatic carbocycles. The molecule has 1 aliphatic heterocycles. The number of ether oxygens (including phenoxy) is 2. The Kier molecular flexibility index (Phi) is 8.72. The van der Waals surface area contributed by atoms with Gasteiger partial charge >= 0.3 is 0 Å². The van der Waals surface area contributed by atoms with Gasteiger partial charge in [-0.25, -0.2) is 9.98 Å². The third-order valence-electron chi connectivity index (χ3n) is 5.46. The van der Waals surface area contributed by atoms with E-state index in [1.54, 1.807) is 0 Å². The number of pyridine rings is 1. The van der Waals surface area contributed by atoms with Crippen LogP contribution in [0.3, 0.4) is 0 Å². The average molecular weight is 420 g/mol. The molecule has 1 aromatic rings. The van der Waals surface area contributed by atoms with Gasteiger partial charge in [0.05, 0.1) is 25.4 Å². The second-order valence-electron chi connectivity index (χ2n) is 8.46. The molecule has 1 atom stereocenters. The molecule has 1 aromatic heterocycles. The normalized spacial score (nSPS) is 20.7. The fourth-order valence-electron chi connectivity index (χ4n) is 3.83. The maximum Gasteiger partial charge on any atom is 0.213 e. The molecule has 1 unspecified atom stereocenters. The smallest absolute Gasteiger partial charge is 0.213 e. The number of hydrogen-bond acceptors (Lipinski definition) is 6. The maximum atomic E-state index is 10.8. The van der Waals surface area contributed by atoms with Crippen molar-refractivity contribution >= 4 is 5.96 Å². The predicted octanol–water partition coefficient (Wildman–Crippen LogP) is 1.54. The van der Waals surface area contributed by atoms with E-state index in [0.717, 1.165) is 51.3 Å². The second-order valence-corrected chi connectivity index (χ2v) is 8.46. The minimum Gasteiger partial charge on any atom is -0.474 e. The van der Waals surface area contributed by atoms with Crippen LogP contribution in [0.1, 0.15) is 45.1 Å². The molecule has 8 heteroatoms. The number of aliphatic imine (C=N–C) groups is 1. The molecular formula is C22H37N5O3. The highest BCUT2D eigenvalue weighted by molar-refractivity contribution is 5.79. The van der Waals surface area contributed by atoms with Crippen LogP contribution in [0.4, 0.5) is 0 Å². The number of rotatable bonds is 9. The molecule has 1 saturated heterocycles. The Morgan fingerprint density at radius 3 is 2.73 bits per heavy atom. The average Bonchev–Trinajstić information content (AvgIpc) is 3.25. The first-order valence-electron chi connectivity index (χ1n) is 11.2. The first kappa shape index (κ1) is 22.8. The number of nitrogens with one attached hydrogen (secondary N) is 2. The van der Waals surface area contributed by atoms with E-state index in [-0.39, 0.29) is 0 Å². The molecule has 0 bridgehead atoms. The monoisotopic (exact) mass is 419 g/mol. The Bertz CT molecular complexity index is 653. The van der Waals surface area contributed by atoms with E-state index in [4.69, 9.17) is 9.47 Å². The Morgan fingerprint density at radius 1 is 1.30 bits per heavy atom. The van der Waals surface area contributed by atoms with E-state index in [1.807, 2.05) is 32.2 Å². The van der Waals surface area contributed by atoms with Crippen molar-refractivity contribution in [2.24, 2.45) is 4.99 Å². The van der Waals surface area contributed by atoms with Crippen molar-refractivity contribution in [1.29, 1.82) is 0 Å². The molecule has 1 saturated carbocycles. The van der Waals surface area contributed by atoms with Gasteiger partial charge in [-0.15, -0.1) is 0 Å². The number of hydrogen-bond donors (Lipinski definition) is 3. The van der Waals surface area contributed by atoms with Crippen molar-refractivity contribution in [2.45, 2.75) is 57.8 Å². The fraction of sp³-hybridized carbons (Fsp3) is 0.727. The molecular weight excluding hydrogens is 382 g/mol. The first-order chi connectivity index (χ1) is 14.5. The van der Waals surface area contributed by atoms with Gasteiger partial charge in [-0.1, -0.05) is 6.07 Å². The van der Waals surface area contributed by atoms with Gasteiger partial charge < -0.3 is 25.2 Å². The zero-order valence-corrected chi connectivity index (χ0v) is 18.4. The van der Waals surface area contributed by atoms with E-state index < -0.39 is 5.60 Å². The van der Waals surface area contributed by atoms with E-state index in [1.165, 1.54) is 12.8 Å². The minimum atomic E-state index is -0.853. The molecule has 2 fully saturated rings. The van der Waals surface area contributed by atoms with Gasteiger partial charge in [0.1, 0.15) is 6.10 Å². The van der Waals surface area contributed by atoms with Crippen LogP contribution in [0.5, 0.6) is 5.88 Å². The van der Waals surface area contributed by atoms with Gasteiger partial charge in [0, 0.05) is 45.0 Å². The molecule has 168 valence electrons. The summed E-state index contributed by atoms with van der Waals surface area (Å²) >= 11 is 0. The van der Waals surface area contributed by atoms with Crippen LogP contribution in [0, 0.1) is 0 Å².